The Bertz CT molecular complexity index is 698. The van der Waals surface area contributed by atoms with Gasteiger partial charge >= 0.3 is 0 Å². The van der Waals surface area contributed by atoms with Gasteiger partial charge in [-0.1, -0.05) is 12.1 Å². The van der Waals surface area contributed by atoms with Gasteiger partial charge in [0.2, 0.25) is 5.91 Å². The molecule has 114 valence electrons. The highest BCUT2D eigenvalue weighted by molar-refractivity contribution is 6.02. The Morgan fingerprint density at radius 2 is 1.95 bits per heavy atom. The number of halogens is 1. The minimum atomic E-state index is -0.351. The number of carbonyl (C=O) groups is 1. The first kappa shape index (κ1) is 15.6. The monoisotopic (exact) mass is 301 g/mol. The van der Waals surface area contributed by atoms with E-state index in [1.54, 1.807) is 30.3 Å². The summed E-state index contributed by atoms with van der Waals surface area (Å²) in [5.41, 5.74) is 1.10. The predicted octanol–water partition coefficient (Wildman–Crippen LogP) is 3.49. The van der Waals surface area contributed by atoms with Gasteiger partial charge in [-0.2, -0.15) is 0 Å². The first-order chi connectivity index (χ1) is 10.6. The smallest absolute Gasteiger partial charge is 0.248 e. The van der Waals surface area contributed by atoms with Crippen molar-refractivity contribution in [1.29, 1.82) is 0 Å². The summed E-state index contributed by atoms with van der Waals surface area (Å²) in [4.78, 5) is 12.0. The molecular weight excluding hydrogens is 285 g/mol. The van der Waals surface area contributed by atoms with E-state index in [4.69, 9.17) is 9.47 Å². The average Bonchev–Trinajstić information content (AvgIpc) is 2.53. The summed E-state index contributed by atoms with van der Waals surface area (Å²) in [5, 5.41) is 2.70. The molecule has 0 fully saturated rings. The van der Waals surface area contributed by atoms with Gasteiger partial charge in [-0.15, -0.1) is 0 Å². The topological polar surface area (TPSA) is 47.6 Å². The molecule has 0 atom stereocenters. The molecule has 0 saturated heterocycles. The lowest BCUT2D eigenvalue weighted by molar-refractivity contribution is -0.111. The Balaban J connectivity index is 2.11. The molecule has 2 aromatic rings. The van der Waals surface area contributed by atoms with Gasteiger partial charge < -0.3 is 14.8 Å². The normalized spacial score (nSPS) is 10.5. The van der Waals surface area contributed by atoms with Crippen LogP contribution in [0.25, 0.3) is 6.08 Å². The third kappa shape index (κ3) is 4.09. The highest BCUT2D eigenvalue weighted by Crippen LogP contribution is 2.28. The van der Waals surface area contributed by atoms with Gasteiger partial charge in [0.25, 0.3) is 0 Å². The number of carbonyl (C=O) groups excluding carboxylic acids is 1. The lowest BCUT2D eigenvalue weighted by Gasteiger charge is -2.10. The summed E-state index contributed by atoms with van der Waals surface area (Å²) in [7, 11) is 3.05. The van der Waals surface area contributed by atoms with Crippen LogP contribution >= 0.6 is 0 Å². The van der Waals surface area contributed by atoms with Crippen LogP contribution in [0.4, 0.5) is 10.1 Å². The number of amides is 1. The van der Waals surface area contributed by atoms with Crippen molar-refractivity contribution in [3.8, 4) is 11.5 Å². The van der Waals surface area contributed by atoms with Crippen molar-refractivity contribution in [3.63, 3.8) is 0 Å². The summed E-state index contributed by atoms with van der Waals surface area (Å²) in [6, 6.07) is 11.1. The Hall–Kier alpha value is -2.82. The van der Waals surface area contributed by atoms with Crippen LogP contribution in [0.1, 0.15) is 5.56 Å². The van der Waals surface area contributed by atoms with Crippen molar-refractivity contribution in [3.05, 3.63) is 59.9 Å². The molecule has 0 radical (unpaired) electrons. The molecule has 0 aliphatic rings. The number of rotatable bonds is 5. The molecular formula is C17H16FNO3. The summed E-state index contributed by atoms with van der Waals surface area (Å²) < 4.78 is 23.3. The van der Waals surface area contributed by atoms with E-state index in [1.165, 1.54) is 38.5 Å². The summed E-state index contributed by atoms with van der Waals surface area (Å²) in [6.45, 7) is 0. The van der Waals surface area contributed by atoms with Crippen molar-refractivity contribution in [1.82, 2.24) is 0 Å². The minimum Gasteiger partial charge on any atom is -0.497 e. The number of methoxy groups -OCH3 is 2. The maximum absolute atomic E-state index is 13.1. The summed E-state index contributed by atoms with van der Waals surface area (Å²) in [6.07, 6.45) is 2.86. The lowest BCUT2D eigenvalue weighted by atomic mass is 10.2. The van der Waals surface area contributed by atoms with Gasteiger partial charge in [0, 0.05) is 12.1 Å². The first-order valence-corrected chi connectivity index (χ1v) is 6.59. The second-order valence-electron chi connectivity index (χ2n) is 4.44. The van der Waals surface area contributed by atoms with E-state index in [0.29, 0.717) is 22.7 Å². The third-order valence-corrected chi connectivity index (χ3v) is 2.94. The molecule has 0 aliphatic heterocycles. The predicted molar refractivity (Wildman–Crippen MR) is 83.6 cm³/mol. The molecule has 0 aromatic heterocycles. The second-order valence-corrected chi connectivity index (χ2v) is 4.44. The maximum atomic E-state index is 13.1. The molecule has 1 N–H and O–H groups in total. The Labute approximate surface area is 128 Å². The van der Waals surface area contributed by atoms with Crippen LogP contribution in [0.3, 0.4) is 0 Å². The van der Waals surface area contributed by atoms with E-state index < -0.39 is 0 Å². The standard InChI is InChI=1S/C17H16FNO3/c1-21-14-7-8-16(22-2)15(11-14)19-17(20)9-6-12-4-3-5-13(18)10-12/h3-11H,1-2H3,(H,19,20). The van der Waals surface area contributed by atoms with E-state index >= 15 is 0 Å². The van der Waals surface area contributed by atoms with Crippen molar-refractivity contribution in [2.45, 2.75) is 0 Å². The zero-order valence-electron chi connectivity index (χ0n) is 12.3. The Morgan fingerprint density at radius 1 is 1.14 bits per heavy atom. The fourth-order valence-corrected chi connectivity index (χ4v) is 1.87. The molecule has 1 amide bonds. The molecule has 5 heteroatoms. The number of nitrogens with one attached hydrogen (secondary N) is 1. The molecule has 0 aliphatic carbocycles. The number of ether oxygens (including phenoxy) is 2. The van der Waals surface area contributed by atoms with Crippen LogP contribution in [-0.2, 0) is 4.79 Å². The minimum absolute atomic E-state index is 0.350. The molecule has 0 saturated carbocycles. The van der Waals surface area contributed by atoms with E-state index in [-0.39, 0.29) is 11.7 Å². The van der Waals surface area contributed by atoms with Gasteiger partial charge in [-0.05, 0) is 35.9 Å². The third-order valence-electron chi connectivity index (χ3n) is 2.94. The van der Waals surface area contributed by atoms with E-state index in [0.717, 1.165) is 0 Å². The number of benzene rings is 2. The Kier molecular flexibility index (Phi) is 5.14. The molecule has 0 bridgehead atoms. The van der Waals surface area contributed by atoms with Gasteiger partial charge in [0.1, 0.15) is 17.3 Å². The highest BCUT2D eigenvalue weighted by atomic mass is 19.1. The molecule has 2 aromatic carbocycles. The van der Waals surface area contributed by atoms with E-state index in [2.05, 4.69) is 5.32 Å². The highest BCUT2D eigenvalue weighted by Gasteiger charge is 2.07. The molecule has 0 unspecified atom stereocenters. The van der Waals surface area contributed by atoms with Crippen LogP contribution in [-0.4, -0.2) is 20.1 Å². The van der Waals surface area contributed by atoms with Crippen LogP contribution in [0.5, 0.6) is 11.5 Å². The summed E-state index contributed by atoms with van der Waals surface area (Å²) in [5.74, 6) is 0.423. The molecule has 0 spiro atoms. The van der Waals surface area contributed by atoms with Crippen LogP contribution in [0, 0.1) is 5.82 Å². The van der Waals surface area contributed by atoms with Gasteiger partial charge in [0.05, 0.1) is 19.9 Å². The summed E-state index contributed by atoms with van der Waals surface area (Å²) >= 11 is 0. The first-order valence-electron chi connectivity index (χ1n) is 6.59. The van der Waals surface area contributed by atoms with E-state index in [9.17, 15) is 9.18 Å². The van der Waals surface area contributed by atoms with Crippen molar-refractivity contribution in [2.75, 3.05) is 19.5 Å². The fourth-order valence-electron chi connectivity index (χ4n) is 1.87. The maximum Gasteiger partial charge on any atom is 0.248 e. The van der Waals surface area contributed by atoms with E-state index in [1.807, 2.05) is 0 Å². The van der Waals surface area contributed by atoms with Crippen LogP contribution in [0.2, 0.25) is 0 Å². The average molecular weight is 301 g/mol. The molecule has 2 rings (SSSR count). The van der Waals surface area contributed by atoms with Crippen LogP contribution < -0.4 is 14.8 Å². The van der Waals surface area contributed by atoms with Crippen molar-refractivity contribution in [2.24, 2.45) is 0 Å². The quantitative estimate of drug-likeness (QED) is 0.860. The fraction of sp³-hybridized carbons (Fsp3) is 0.118. The largest absolute Gasteiger partial charge is 0.497 e. The second kappa shape index (κ2) is 7.26. The molecule has 22 heavy (non-hydrogen) atoms. The molecule has 0 heterocycles. The molecule has 4 nitrogen and oxygen atoms in total. The van der Waals surface area contributed by atoms with Crippen LogP contribution in [0.15, 0.2) is 48.5 Å². The number of anilines is 1. The Morgan fingerprint density at radius 3 is 2.64 bits per heavy atom. The van der Waals surface area contributed by atoms with Crippen molar-refractivity contribution >= 4 is 17.7 Å². The van der Waals surface area contributed by atoms with Gasteiger partial charge in [-0.3, -0.25) is 4.79 Å². The zero-order chi connectivity index (χ0) is 15.9. The zero-order valence-corrected chi connectivity index (χ0v) is 12.3. The van der Waals surface area contributed by atoms with Gasteiger partial charge in [-0.25, -0.2) is 4.39 Å². The van der Waals surface area contributed by atoms with Crippen molar-refractivity contribution < 1.29 is 18.7 Å². The lowest BCUT2D eigenvalue weighted by Crippen LogP contribution is -2.09. The van der Waals surface area contributed by atoms with Gasteiger partial charge in [0.15, 0.2) is 0 Å². The number of hydrogen-bond donors (Lipinski definition) is 1. The SMILES string of the molecule is COc1ccc(OC)c(NC(=O)C=Cc2cccc(F)c2)c1. The number of hydrogen-bond acceptors (Lipinski definition) is 3.